The summed E-state index contributed by atoms with van der Waals surface area (Å²) in [7, 11) is 0. The summed E-state index contributed by atoms with van der Waals surface area (Å²) in [5, 5.41) is 6.07. The monoisotopic (exact) mass is 773 g/mol. The average molecular weight is 774 g/mol. The second-order valence-corrected chi connectivity index (χ2v) is 16.0. The van der Waals surface area contributed by atoms with Crippen molar-refractivity contribution in [1.29, 1.82) is 0 Å². The van der Waals surface area contributed by atoms with E-state index in [4.69, 9.17) is 4.74 Å². The first-order valence-corrected chi connectivity index (χ1v) is 20.7. The van der Waals surface area contributed by atoms with Gasteiger partial charge in [0.25, 0.3) is 0 Å². The molecule has 9 aromatic carbocycles. The number of rotatable bonds is 6. The van der Waals surface area contributed by atoms with E-state index >= 15 is 0 Å². The Bertz CT molecular complexity index is 3360. The first-order chi connectivity index (χ1) is 29.3. The van der Waals surface area contributed by atoms with Gasteiger partial charge in [0.1, 0.15) is 0 Å². The molecule has 0 aliphatic carbocycles. The molecule has 0 radical (unpaired) electrons. The smallest absolute Gasteiger partial charge is 0.178 e. The lowest BCUT2D eigenvalue weighted by atomic mass is 9.98. The van der Waals surface area contributed by atoms with Gasteiger partial charge in [-0.25, -0.2) is 0 Å². The molecule has 0 spiro atoms. The summed E-state index contributed by atoms with van der Waals surface area (Å²) in [6.45, 7) is 0. The number of benzene rings is 9. The molecule has 0 N–H and O–H groups in total. The maximum atomic E-state index is 7.17. The van der Waals surface area contributed by atoms with Gasteiger partial charge in [-0.05, 0) is 94.7 Å². The summed E-state index contributed by atoms with van der Waals surface area (Å²) >= 11 is 1.84. The molecule has 0 atom stereocenters. The molecule has 0 saturated heterocycles. The van der Waals surface area contributed by atoms with Crippen LogP contribution in [0.15, 0.2) is 212 Å². The Morgan fingerprint density at radius 2 is 1.12 bits per heavy atom. The zero-order chi connectivity index (χ0) is 38.9. The van der Waals surface area contributed by atoms with Crippen LogP contribution in [0, 0.1) is 0 Å². The quantitative estimate of drug-likeness (QED) is 0.168. The molecule has 278 valence electrons. The summed E-state index contributed by atoms with van der Waals surface area (Å²) in [5.41, 5.74) is 9.79. The van der Waals surface area contributed by atoms with Crippen LogP contribution in [0.1, 0.15) is 0 Å². The molecule has 0 bridgehead atoms. The maximum absolute atomic E-state index is 7.17. The van der Waals surface area contributed by atoms with Crippen molar-refractivity contribution in [2.24, 2.45) is 0 Å². The highest BCUT2D eigenvalue weighted by molar-refractivity contribution is 7.26. The molecule has 11 aromatic rings. The molecule has 0 saturated carbocycles. The standard InChI is InChI=1S/C54H35N3OS/c1-3-17-38(18-4-1)56-47-26-11-9-23-46(47)52-54(56)57(39-19-5-2-6-20-39)48-34-33-41(35-50(48)58-52)55(49-27-14-25-45-44-22-10-12-28-51(44)59-53(45)49)40-31-29-37(30-32-40)43-24-13-16-36-15-7-8-21-42(36)43/h1-35H. The van der Waals surface area contributed by atoms with Crippen LogP contribution in [0.2, 0.25) is 0 Å². The summed E-state index contributed by atoms with van der Waals surface area (Å²) < 4.78 is 12.0. The van der Waals surface area contributed by atoms with Crippen molar-refractivity contribution in [3.05, 3.63) is 212 Å². The van der Waals surface area contributed by atoms with E-state index in [9.17, 15) is 0 Å². The van der Waals surface area contributed by atoms with Crippen molar-refractivity contribution in [3.63, 3.8) is 0 Å². The first-order valence-electron chi connectivity index (χ1n) is 19.9. The molecule has 1 aliphatic heterocycles. The highest BCUT2D eigenvalue weighted by atomic mass is 32.1. The van der Waals surface area contributed by atoms with Crippen LogP contribution in [-0.4, -0.2) is 4.57 Å². The molecule has 0 unspecified atom stereocenters. The Labute approximate surface area is 345 Å². The predicted molar refractivity (Wildman–Crippen MR) is 249 cm³/mol. The van der Waals surface area contributed by atoms with Crippen molar-refractivity contribution in [3.8, 4) is 28.3 Å². The molecule has 5 heteroatoms. The lowest BCUT2D eigenvalue weighted by molar-refractivity contribution is 0.481. The van der Waals surface area contributed by atoms with Gasteiger partial charge < -0.3 is 9.64 Å². The largest absolute Gasteiger partial charge is 0.450 e. The number of hydrogen-bond acceptors (Lipinski definition) is 4. The Kier molecular flexibility index (Phi) is 7.68. The molecular formula is C54H35N3OS. The molecule has 59 heavy (non-hydrogen) atoms. The van der Waals surface area contributed by atoms with E-state index in [1.165, 1.54) is 42.1 Å². The van der Waals surface area contributed by atoms with Crippen molar-refractivity contribution in [2.75, 3.05) is 9.80 Å². The molecule has 12 rings (SSSR count). The van der Waals surface area contributed by atoms with Crippen LogP contribution in [0.3, 0.4) is 0 Å². The normalized spacial score (nSPS) is 12.2. The number of nitrogens with zero attached hydrogens (tertiary/aromatic N) is 3. The van der Waals surface area contributed by atoms with Crippen molar-refractivity contribution < 1.29 is 4.74 Å². The predicted octanol–water partition coefficient (Wildman–Crippen LogP) is 15.9. The summed E-state index contributed by atoms with van der Waals surface area (Å²) in [6.07, 6.45) is 0. The van der Waals surface area contributed by atoms with E-state index in [0.717, 1.165) is 62.3 Å². The molecule has 2 aromatic heterocycles. The van der Waals surface area contributed by atoms with Gasteiger partial charge in [-0.2, -0.15) is 0 Å². The minimum Gasteiger partial charge on any atom is -0.450 e. The number of thiophene rings is 1. The molecule has 0 amide bonds. The van der Waals surface area contributed by atoms with Crippen molar-refractivity contribution >= 4 is 87.4 Å². The van der Waals surface area contributed by atoms with Crippen LogP contribution in [0.5, 0.6) is 11.5 Å². The highest BCUT2D eigenvalue weighted by Gasteiger charge is 2.34. The summed E-state index contributed by atoms with van der Waals surface area (Å²) in [4.78, 5) is 4.74. The van der Waals surface area contributed by atoms with Gasteiger partial charge in [0.05, 0.1) is 27.3 Å². The Balaban J connectivity index is 1.07. The molecule has 4 nitrogen and oxygen atoms in total. The minimum absolute atomic E-state index is 0.788. The third kappa shape index (κ3) is 5.36. The maximum Gasteiger partial charge on any atom is 0.178 e. The number of para-hydroxylation sites is 3. The third-order valence-electron chi connectivity index (χ3n) is 11.6. The Morgan fingerprint density at radius 3 is 1.95 bits per heavy atom. The van der Waals surface area contributed by atoms with E-state index in [2.05, 4.69) is 227 Å². The van der Waals surface area contributed by atoms with Gasteiger partial charge in [0, 0.05) is 44.0 Å². The third-order valence-corrected chi connectivity index (χ3v) is 12.8. The summed E-state index contributed by atoms with van der Waals surface area (Å²) in [5.74, 6) is 2.59. The van der Waals surface area contributed by atoms with Gasteiger partial charge in [-0.1, -0.05) is 133 Å². The Hall–Kier alpha value is -7.60. The van der Waals surface area contributed by atoms with Gasteiger partial charge in [0.15, 0.2) is 17.3 Å². The van der Waals surface area contributed by atoms with E-state index in [-0.39, 0.29) is 0 Å². The van der Waals surface area contributed by atoms with Crippen LogP contribution in [0.25, 0.3) is 58.7 Å². The second-order valence-electron chi connectivity index (χ2n) is 14.9. The number of hydrogen-bond donors (Lipinski definition) is 0. The fourth-order valence-corrected chi connectivity index (χ4v) is 10.1. The number of anilines is 6. The molecule has 1 aliphatic rings. The van der Waals surface area contributed by atoms with E-state index in [1.807, 2.05) is 11.3 Å². The van der Waals surface area contributed by atoms with E-state index in [1.54, 1.807) is 0 Å². The van der Waals surface area contributed by atoms with Crippen molar-refractivity contribution in [1.82, 2.24) is 4.57 Å². The number of aromatic nitrogens is 1. The highest BCUT2D eigenvalue weighted by Crippen LogP contribution is 2.57. The van der Waals surface area contributed by atoms with Crippen molar-refractivity contribution in [2.45, 2.75) is 0 Å². The van der Waals surface area contributed by atoms with Crippen LogP contribution < -0.4 is 14.5 Å². The van der Waals surface area contributed by atoms with Gasteiger partial charge >= 0.3 is 0 Å². The van der Waals surface area contributed by atoms with Gasteiger partial charge in [-0.3, -0.25) is 9.47 Å². The summed E-state index contributed by atoms with van der Waals surface area (Å²) in [6, 6.07) is 76.0. The zero-order valence-electron chi connectivity index (χ0n) is 31.9. The van der Waals surface area contributed by atoms with E-state index < -0.39 is 0 Å². The van der Waals surface area contributed by atoms with Gasteiger partial charge in [-0.15, -0.1) is 11.3 Å². The number of ether oxygens (including phenoxy) is 1. The lowest BCUT2D eigenvalue weighted by Gasteiger charge is -2.34. The minimum atomic E-state index is 0.788. The average Bonchev–Trinajstić information content (AvgIpc) is 3.85. The SMILES string of the molecule is c1ccc(N2c3ccc(N(c4ccc(-c5cccc6ccccc56)cc4)c4cccc5c4sc4ccccc45)cc3Oc3c2n(-c2ccccc2)c2ccccc32)cc1. The fourth-order valence-electron chi connectivity index (χ4n) is 8.91. The fraction of sp³-hybridized carbons (Fsp3) is 0. The van der Waals surface area contributed by atoms with Crippen LogP contribution in [-0.2, 0) is 0 Å². The molecule has 0 fully saturated rings. The van der Waals surface area contributed by atoms with Crippen LogP contribution >= 0.6 is 11.3 Å². The molecular weight excluding hydrogens is 739 g/mol. The second kappa shape index (κ2) is 13.5. The molecule has 3 heterocycles. The number of fused-ring (bicyclic) bond motifs is 8. The lowest BCUT2D eigenvalue weighted by Crippen LogP contribution is -2.19. The first kappa shape index (κ1) is 33.5. The Morgan fingerprint density at radius 1 is 0.475 bits per heavy atom. The van der Waals surface area contributed by atoms with E-state index in [0.29, 0.717) is 0 Å². The van der Waals surface area contributed by atoms with Crippen LogP contribution in [0.4, 0.5) is 34.3 Å². The topological polar surface area (TPSA) is 20.6 Å². The van der Waals surface area contributed by atoms with Gasteiger partial charge in [0.2, 0.25) is 0 Å². The zero-order valence-corrected chi connectivity index (χ0v) is 32.7.